The summed E-state index contributed by atoms with van der Waals surface area (Å²) >= 11 is 0. The van der Waals surface area contributed by atoms with Crippen LogP contribution in [0.5, 0.6) is 5.75 Å². The van der Waals surface area contributed by atoms with Crippen LogP contribution >= 0.6 is 0 Å². The first-order chi connectivity index (χ1) is 15.0. The molecule has 1 unspecified atom stereocenters. The molecule has 1 aromatic rings. The van der Waals surface area contributed by atoms with Gasteiger partial charge in [-0.3, -0.25) is 24.6 Å². The Balaban J connectivity index is 1.16. The molecule has 3 heterocycles. The van der Waals surface area contributed by atoms with Crippen LogP contribution in [0.25, 0.3) is 0 Å². The topological polar surface area (TPSA) is 79.0 Å². The highest BCUT2D eigenvalue weighted by Crippen LogP contribution is 2.54. The molecule has 0 radical (unpaired) electrons. The number of piperidine rings is 1. The van der Waals surface area contributed by atoms with Crippen molar-refractivity contribution in [3.8, 4) is 5.75 Å². The van der Waals surface area contributed by atoms with Gasteiger partial charge in [-0.15, -0.1) is 0 Å². The van der Waals surface area contributed by atoms with Gasteiger partial charge in [-0.2, -0.15) is 0 Å². The van der Waals surface area contributed by atoms with E-state index in [1.54, 1.807) is 4.90 Å². The molecule has 31 heavy (non-hydrogen) atoms. The number of amides is 3. The average Bonchev–Trinajstić information content (AvgIpc) is 3.47. The lowest BCUT2D eigenvalue weighted by atomic mass is 9.85. The van der Waals surface area contributed by atoms with Gasteiger partial charge in [-0.1, -0.05) is 6.42 Å². The summed E-state index contributed by atoms with van der Waals surface area (Å²) in [5, 5.41) is 2.35. The summed E-state index contributed by atoms with van der Waals surface area (Å²) < 4.78 is 6.49. The van der Waals surface area contributed by atoms with Gasteiger partial charge in [0.05, 0.1) is 0 Å². The van der Waals surface area contributed by atoms with Gasteiger partial charge in [0.1, 0.15) is 17.9 Å². The molecule has 0 aromatic heterocycles. The minimum Gasteiger partial charge on any atom is -0.489 e. The molecule has 0 bridgehead atoms. The molecule has 1 N–H and O–H groups in total. The van der Waals surface area contributed by atoms with Crippen LogP contribution in [0.15, 0.2) is 18.2 Å². The largest absolute Gasteiger partial charge is 0.489 e. The smallest absolute Gasteiger partial charge is 0.255 e. The number of carbonyl (C=O) groups excluding carboxylic acids is 3. The summed E-state index contributed by atoms with van der Waals surface area (Å²) in [6.07, 6.45) is 8.39. The Morgan fingerprint density at radius 2 is 1.84 bits per heavy atom. The van der Waals surface area contributed by atoms with Crippen LogP contribution in [0.2, 0.25) is 0 Å². The first-order valence-electron chi connectivity index (χ1n) is 11.7. The molecule has 7 heteroatoms. The fourth-order valence-corrected chi connectivity index (χ4v) is 5.97. The first kappa shape index (κ1) is 19.3. The summed E-state index contributed by atoms with van der Waals surface area (Å²) in [5.41, 5.74) is 2.19. The van der Waals surface area contributed by atoms with E-state index in [2.05, 4.69) is 10.2 Å². The SMILES string of the molecule is O=C1CCC(N2Cc3cc(O[C@H]4CCCC[C@H]4N4CC5(CC5)C4)ccc3C2=O)C(=O)N1. The Labute approximate surface area is 182 Å². The maximum atomic E-state index is 12.9. The molecule has 7 nitrogen and oxygen atoms in total. The van der Waals surface area contributed by atoms with E-state index in [1.165, 1.54) is 45.2 Å². The number of carbonyl (C=O) groups is 3. The molecule has 3 amide bonds. The second-order valence-corrected chi connectivity index (χ2v) is 10.1. The highest BCUT2D eigenvalue weighted by molar-refractivity contribution is 6.05. The van der Waals surface area contributed by atoms with Gasteiger partial charge in [0.15, 0.2) is 0 Å². The zero-order valence-corrected chi connectivity index (χ0v) is 17.8. The quantitative estimate of drug-likeness (QED) is 0.752. The van der Waals surface area contributed by atoms with Crippen molar-refractivity contribution in [2.24, 2.45) is 5.41 Å². The lowest BCUT2D eigenvalue weighted by molar-refractivity contribution is -0.136. The predicted molar refractivity (Wildman–Crippen MR) is 112 cm³/mol. The number of rotatable bonds is 4. The van der Waals surface area contributed by atoms with E-state index in [4.69, 9.17) is 4.74 Å². The summed E-state index contributed by atoms with van der Waals surface area (Å²) in [6.45, 7) is 2.86. The van der Waals surface area contributed by atoms with Crippen LogP contribution in [0.1, 0.15) is 67.3 Å². The van der Waals surface area contributed by atoms with E-state index in [-0.39, 0.29) is 30.2 Å². The van der Waals surface area contributed by atoms with E-state index in [9.17, 15) is 14.4 Å². The van der Waals surface area contributed by atoms with Crippen LogP contribution in [0.3, 0.4) is 0 Å². The van der Waals surface area contributed by atoms with Crippen molar-refractivity contribution in [3.63, 3.8) is 0 Å². The number of likely N-dealkylation sites (tertiary alicyclic amines) is 1. The third-order valence-corrected chi connectivity index (χ3v) is 7.95. The van der Waals surface area contributed by atoms with Crippen molar-refractivity contribution in [2.75, 3.05) is 13.1 Å². The van der Waals surface area contributed by atoms with E-state index in [1.807, 2.05) is 18.2 Å². The normalized spacial score (nSPS) is 31.9. The average molecular weight is 424 g/mol. The van der Waals surface area contributed by atoms with E-state index in [0.29, 0.717) is 30.0 Å². The molecule has 3 aliphatic heterocycles. The van der Waals surface area contributed by atoms with E-state index < -0.39 is 6.04 Å². The number of benzene rings is 1. The fraction of sp³-hybridized carbons (Fsp3) is 0.625. The molecule has 3 atom stereocenters. The van der Waals surface area contributed by atoms with Gasteiger partial charge in [0.25, 0.3) is 5.91 Å². The number of hydrogen-bond donors (Lipinski definition) is 1. The second-order valence-electron chi connectivity index (χ2n) is 10.1. The lowest BCUT2D eigenvalue weighted by Crippen LogP contribution is -2.59. The molecule has 164 valence electrons. The van der Waals surface area contributed by atoms with Crippen molar-refractivity contribution >= 4 is 17.7 Å². The molecular formula is C24H29N3O4. The highest BCUT2D eigenvalue weighted by atomic mass is 16.5. The molecule has 1 spiro atoms. The summed E-state index contributed by atoms with van der Waals surface area (Å²) in [5.74, 6) is 0.0389. The number of fused-ring (bicyclic) bond motifs is 1. The zero-order valence-electron chi connectivity index (χ0n) is 17.8. The number of imide groups is 1. The van der Waals surface area contributed by atoms with Crippen LogP contribution in [-0.4, -0.2) is 58.8 Å². The number of nitrogens with zero attached hydrogens (tertiary/aromatic N) is 2. The van der Waals surface area contributed by atoms with Crippen molar-refractivity contribution in [2.45, 2.75) is 76.1 Å². The number of nitrogens with one attached hydrogen (secondary N) is 1. The molecule has 1 aromatic carbocycles. The minimum absolute atomic E-state index is 0.137. The van der Waals surface area contributed by atoms with Crippen molar-refractivity contribution < 1.29 is 19.1 Å². The summed E-state index contributed by atoms with van der Waals surface area (Å²) in [6, 6.07) is 5.62. The second kappa shape index (κ2) is 7.05. The highest BCUT2D eigenvalue weighted by Gasteiger charge is 2.55. The Bertz CT molecular complexity index is 948. The van der Waals surface area contributed by atoms with Crippen LogP contribution < -0.4 is 10.1 Å². The van der Waals surface area contributed by atoms with Crippen LogP contribution in [0.4, 0.5) is 0 Å². The van der Waals surface area contributed by atoms with Gasteiger partial charge in [-0.25, -0.2) is 0 Å². The van der Waals surface area contributed by atoms with Gasteiger partial charge in [0.2, 0.25) is 11.8 Å². The Kier molecular flexibility index (Phi) is 4.39. The Morgan fingerprint density at radius 1 is 1.03 bits per heavy atom. The number of hydrogen-bond acceptors (Lipinski definition) is 5. The maximum absolute atomic E-state index is 12.9. The molecule has 2 saturated carbocycles. The van der Waals surface area contributed by atoms with E-state index >= 15 is 0 Å². The summed E-state index contributed by atoms with van der Waals surface area (Å²) in [7, 11) is 0. The van der Waals surface area contributed by atoms with Crippen LogP contribution in [0, 0.1) is 5.41 Å². The molecule has 4 fully saturated rings. The van der Waals surface area contributed by atoms with Crippen molar-refractivity contribution in [1.82, 2.24) is 15.1 Å². The zero-order chi connectivity index (χ0) is 21.2. The standard InChI is InChI=1S/C24H29N3O4/c28-21-8-7-19(22(29)25-21)27-12-15-11-16(5-6-17(15)23(27)30)31-20-4-2-1-3-18(20)26-13-24(14-26)9-10-24/h5-6,11,18-20H,1-4,7-10,12-14H2,(H,25,28,29)/t18-,19?,20+/m1/s1. The van der Waals surface area contributed by atoms with Gasteiger partial charge in [-0.05, 0) is 67.7 Å². The number of ether oxygens (including phenoxy) is 1. The molecule has 2 aliphatic carbocycles. The fourth-order valence-electron chi connectivity index (χ4n) is 5.97. The minimum atomic E-state index is -0.578. The maximum Gasteiger partial charge on any atom is 0.255 e. The van der Waals surface area contributed by atoms with Gasteiger partial charge < -0.3 is 9.64 Å². The third-order valence-electron chi connectivity index (χ3n) is 7.95. The predicted octanol–water partition coefficient (Wildman–Crippen LogP) is 2.23. The Hall–Kier alpha value is -2.41. The van der Waals surface area contributed by atoms with Gasteiger partial charge >= 0.3 is 0 Å². The molecule has 2 saturated heterocycles. The third kappa shape index (κ3) is 3.34. The van der Waals surface area contributed by atoms with E-state index in [0.717, 1.165) is 17.7 Å². The monoisotopic (exact) mass is 423 g/mol. The molecule has 6 rings (SSSR count). The molecular weight excluding hydrogens is 394 g/mol. The Morgan fingerprint density at radius 3 is 2.61 bits per heavy atom. The van der Waals surface area contributed by atoms with Crippen LogP contribution in [-0.2, 0) is 16.1 Å². The molecule has 5 aliphatic rings. The summed E-state index contributed by atoms with van der Waals surface area (Å²) in [4.78, 5) is 40.8. The first-order valence-corrected chi connectivity index (χ1v) is 11.7. The van der Waals surface area contributed by atoms with Crippen molar-refractivity contribution in [1.29, 1.82) is 0 Å². The lowest BCUT2D eigenvalue weighted by Gasteiger charge is -2.49. The van der Waals surface area contributed by atoms with Crippen molar-refractivity contribution in [3.05, 3.63) is 29.3 Å². The van der Waals surface area contributed by atoms with Gasteiger partial charge in [0, 0.05) is 37.7 Å².